The van der Waals surface area contributed by atoms with Crippen LogP contribution >= 0.6 is 0 Å². The lowest BCUT2D eigenvalue weighted by Gasteiger charge is -2.36. The summed E-state index contributed by atoms with van der Waals surface area (Å²) in [6.07, 6.45) is 0.731. The van der Waals surface area contributed by atoms with Gasteiger partial charge in [-0.1, -0.05) is 0 Å². The average Bonchev–Trinajstić information content (AvgIpc) is 2.42. The number of carbonyl (C=O) groups is 2. The maximum atomic E-state index is 13.3. The fraction of sp³-hybridized carbons (Fsp3) is 0.529. The second-order valence-corrected chi connectivity index (χ2v) is 6.83. The third-order valence-electron chi connectivity index (χ3n) is 3.60. The van der Waals surface area contributed by atoms with Crippen LogP contribution in [0.25, 0.3) is 0 Å². The zero-order valence-corrected chi connectivity index (χ0v) is 14.3. The van der Waals surface area contributed by atoms with Crippen LogP contribution in [-0.2, 0) is 4.74 Å². The van der Waals surface area contributed by atoms with Crippen molar-refractivity contribution in [1.82, 2.24) is 10.6 Å². The molecular weight excluding hydrogens is 315 g/mol. The van der Waals surface area contributed by atoms with E-state index < -0.39 is 23.4 Å². The van der Waals surface area contributed by atoms with Gasteiger partial charge in [-0.25, -0.2) is 9.18 Å². The number of alkyl carbamates (subject to hydrolysis) is 1. The van der Waals surface area contributed by atoms with Gasteiger partial charge in [-0.05, 0) is 51.8 Å². The molecule has 0 saturated heterocycles. The largest absolute Gasteiger partial charge is 0.496 e. The normalized spacial score (nSPS) is 19.9. The van der Waals surface area contributed by atoms with Crippen molar-refractivity contribution in [3.8, 4) is 5.75 Å². The van der Waals surface area contributed by atoms with Crippen molar-refractivity contribution in [3.05, 3.63) is 29.6 Å². The number of hydrogen-bond acceptors (Lipinski definition) is 4. The molecule has 1 saturated carbocycles. The Bertz CT molecular complexity index is 622. The van der Waals surface area contributed by atoms with Crippen molar-refractivity contribution in [3.63, 3.8) is 0 Å². The minimum atomic E-state index is -0.546. The van der Waals surface area contributed by atoms with Gasteiger partial charge in [-0.3, -0.25) is 4.79 Å². The third-order valence-corrected chi connectivity index (χ3v) is 3.60. The van der Waals surface area contributed by atoms with E-state index in [2.05, 4.69) is 10.6 Å². The number of carbonyl (C=O) groups excluding carboxylic acids is 2. The Morgan fingerprint density at radius 3 is 2.38 bits per heavy atom. The number of amides is 2. The predicted octanol–water partition coefficient (Wildman–Crippen LogP) is 2.62. The Morgan fingerprint density at radius 1 is 1.17 bits per heavy atom. The monoisotopic (exact) mass is 338 g/mol. The summed E-state index contributed by atoms with van der Waals surface area (Å²) >= 11 is 0. The highest BCUT2D eigenvalue weighted by Crippen LogP contribution is 2.23. The lowest BCUT2D eigenvalue weighted by Crippen LogP contribution is -2.54. The van der Waals surface area contributed by atoms with Crippen molar-refractivity contribution in [2.75, 3.05) is 7.11 Å². The second-order valence-electron chi connectivity index (χ2n) is 6.83. The highest BCUT2D eigenvalue weighted by atomic mass is 19.1. The van der Waals surface area contributed by atoms with Gasteiger partial charge in [-0.2, -0.15) is 0 Å². The predicted molar refractivity (Wildman–Crippen MR) is 86.6 cm³/mol. The molecule has 0 bridgehead atoms. The number of nitrogens with one attached hydrogen (secondary N) is 2. The minimum absolute atomic E-state index is 0.0421. The van der Waals surface area contributed by atoms with Crippen molar-refractivity contribution in [2.24, 2.45) is 0 Å². The van der Waals surface area contributed by atoms with E-state index >= 15 is 0 Å². The third kappa shape index (κ3) is 4.84. The van der Waals surface area contributed by atoms with Crippen LogP contribution in [0.1, 0.15) is 44.0 Å². The molecule has 0 spiro atoms. The maximum absolute atomic E-state index is 13.3. The molecule has 6 nitrogen and oxygen atoms in total. The van der Waals surface area contributed by atoms with E-state index in [0.717, 1.165) is 6.07 Å². The molecule has 2 rings (SSSR count). The summed E-state index contributed by atoms with van der Waals surface area (Å²) in [5.41, 5.74) is -0.392. The van der Waals surface area contributed by atoms with E-state index in [1.165, 1.54) is 19.2 Å². The van der Waals surface area contributed by atoms with Crippen LogP contribution in [-0.4, -0.2) is 36.8 Å². The summed E-state index contributed by atoms with van der Waals surface area (Å²) in [5.74, 6) is -0.581. The first-order valence-corrected chi connectivity index (χ1v) is 7.82. The van der Waals surface area contributed by atoms with E-state index in [4.69, 9.17) is 9.47 Å². The molecule has 1 aromatic rings. The van der Waals surface area contributed by atoms with Crippen molar-refractivity contribution >= 4 is 12.0 Å². The number of ether oxygens (including phenoxy) is 2. The maximum Gasteiger partial charge on any atom is 0.407 e. The highest BCUT2D eigenvalue weighted by molar-refractivity contribution is 5.97. The Morgan fingerprint density at radius 2 is 1.79 bits per heavy atom. The molecular formula is C17H23FN2O4. The highest BCUT2D eigenvalue weighted by Gasteiger charge is 2.33. The zero-order chi connectivity index (χ0) is 17.9. The number of methoxy groups -OCH3 is 1. The summed E-state index contributed by atoms with van der Waals surface area (Å²) in [6.45, 7) is 5.38. The van der Waals surface area contributed by atoms with Crippen LogP contribution in [0.4, 0.5) is 9.18 Å². The number of halogens is 1. The summed E-state index contributed by atoms with van der Waals surface area (Å²) in [4.78, 5) is 23.9. The lowest BCUT2D eigenvalue weighted by molar-refractivity contribution is 0.0465. The molecule has 0 heterocycles. The number of rotatable bonds is 4. The molecule has 2 N–H and O–H groups in total. The van der Waals surface area contributed by atoms with E-state index in [-0.39, 0.29) is 17.6 Å². The Labute approximate surface area is 140 Å². The van der Waals surface area contributed by atoms with E-state index in [9.17, 15) is 14.0 Å². The lowest BCUT2D eigenvalue weighted by atomic mass is 9.86. The molecule has 0 radical (unpaired) electrons. The van der Waals surface area contributed by atoms with Gasteiger partial charge in [0, 0.05) is 12.1 Å². The minimum Gasteiger partial charge on any atom is -0.496 e. The molecule has 132 valence electrons. The first-order valence-electron chi connectivity index (χ1n) is 7.82. The van der Waals surface area contributed by atoms with Crippen LogP contribution in [0.5, 0.6) is 5.75 Å². The Kier molecular flexibility index (Phi) is 5.31. The fourth-order valence-corrected chi connectivity index (χ4v) is 2.45. The number of hydrogen-bond donors (Lipinski definition) is 2. The van der Waals surface area contributed by atoms with E-state index in [1.54, 1.807) is 20.8 Å². The average molecular weight is 338 g/mol. The number of benzene rings is 1. The molecule has 2 amide bonds. The van der Waals surface area contributed by atoms with Gasteiger partial charge in [0.1, 0.15) is 17.2 Å². The molecule has 0 aromatic heterocycles. The SMILES string of the molecule is COc1ccc(F)cc1C(=O)NC1CC(NC(=O)OC(C)(C)C)C1. The first-order chi connectivity index (χ1) is 11.2. The molecule has 1 fully saturated rings. The van der Waals surface area contributed by atoms with Crippen molar-refractivity contribution in [2.45, 2.75) is 51.3 Å². The quantitative estimate of drug-likeness (QED) is 0.885. The van der Waals surface area contributed by atoms with Gasteiger partial charge < -0.3 is 20.1 Å². The molecule has 24 heavy (non-hydrogen) atoms. The second kappa shape index (κ2) is 7.07. The molecule has 1 aromatic carbocycles. The van der Waals surface area contributed by atoms with Crippen LogP contribution in [0.3, 0.4) is 0 Å². The van der Waals surface area contributed by atoms with Gasteiger partial charge in [0.25, 0.3) is 5.91 Å². The van der Waals surface area contributed by atoms with E-state index in [0.29, 0.717) is 18.6 Å². The van der Waals surface area contributed by atoms with Gasteiger partial charge >= 0.3 is 6.09 Å². The molecule has 0 aliphatic heterocycles. The van der Waals surface area contributed by atoms with Gasteiger partial charge in [0.15, 0.2) is 0 Å². The molecule has 7 heteroatoms. The zero-order valence-electron chi connectivity index (χ0n) is 14.3. The molecule has 0 unspecified atom stereocenters. The van der Waals surface area contributed by atoms with Crippen LogP contribution < -0.4 is 15.4 Å². The van der Waals surface area contributed by atoms with Gasteiger partial charge in [0.05, 0.1) is 12.7 Å². The molecule has 0 atom stereocenters. The van der Waals surface area contributed by atoms with Crippen LogP contribution in [0, 0.1) is 5.82 Å². The summed E-state index contributed by atoms with van der Waals surface area (Å²) in [5, 5.41) is 5.56. The van der Waals surface area contributed by atoms with Gasteiger partial charge in [0.2, 0.25) is 0 Å². The Hall–Kier alpha value is -2.31. The smallest absolute Gasteiger partial charge is 0.407 e. The summed E-state index contributed by atoms with van der Waals surface area (Å²) < 4.78 is 23.6. The summed E-state index contributed by atoms with van der Waals surface area (Å²) in [6, 6.07) is 3.67. The Balaban J connectivity index is 1.82. The standard InChI is InChI=1S/C17H23FN2O4/c1-17(2,3)24-16(22)20-12-8-11(9-12)19-15(21)13-7-10(18)5-6-14(13)23-4/h5-7,11-12H,8-9H2,1-4H3,(H,19,21)(H,20,22). The summed E-state index contributed by atoms with van der Waals surface area (Å²) in [7, 11) is 1.42. The van der Waals surface area contributed by atoms with Gasteiger partial charge in [-0.15, -0.1) is 0 Å². The van der Waals surface area contributed by atoms with E-state index in [1.807, 2.05) is 0 Å². The first kappa shape index (κ1) is 18.0. The molecule has 1 aliphatic rings. The van der Waals surface area contributed by atoms with Crippen LogP contribution in [0.2, 0.25) is 0 Å². The topological polar surface area (TPSA) is 76.7 Å². The fourth-order valence-electron chi connectivity index (χ4n) is 2.45. The van der Waals surface area contributed by atoms with Crippen molar-refractivity contribution < 1.29 is 23.5 Å². The van der Waals surface area contributed by atoms with Crippen molar-refractivity contribution in [1.29, 1.82) is 0 Å². The molecule has 1 aliphatic carbocycles. The van der Waals surface area contributed by atoms with Crippen LogP contribution in [0.15, 0.2) is 18.2 Å².